The molecule has 0 spiro atoms. The molecule has 0 amide bonds. The van der Waals surface area contributed by atoms with Gasteiger partial charge in [0, 0.05) is 0 Å². The maximum Gasteiger partial charge on any atom is 0.200 e. The van der Waals surface area contributed by atoms with E-state index >= 15 is 0 Å². The van der Waals surface area contributed by atoms with E-state index in [9.17, 15) is 31.9 Å². The molecule has 2 atom stereocenters. The van der Waals surface area contributed by atoms with Crippen molar-refractivity contribution in [1.29, 1.82) is 0 Å². The third-order valence-corrected chi connectivity index (χ3v) is 4.49. The van der Waals surface area contributed by atoms with E-state index in [2.05, 4.69) is 0 Å². The van der Waals surface area contributed by atoms with Gasteiger partial charge in [0.1, 0.15) is 0 Å². The van der Waals surface area contributed by atoms with Gasteiger partial charge in [-0.25, -0.2) is 22.0 Å². The van der Waals surface area contributed by atoms with Gasteiger partial charge in [-0.05, 0) is 17.3 Å². The third-order valence-electron chi connectivity index (χ3n) is 3.36. The first kappa shape index (κ1) is 18.4. The van der Waals surface area contributed by atoms with Crippen LogP contribution in [-0.2, 0) is 4.79 Å². The molecule has 0 aliphatic carbocycles. The van der Waals surface area contributed by atoms with Crippen molar-refractivity contribution in [3.8, 4) is 0 Å². The van der Waals surface area contributed by atoms with Gasteiger partial charge < -0.3 is 5.11 Å². The first-order valence-corrected chi connectivity index (χ1v) is 7.53. The van der Waals surface area contributed by atoms with Gasteiger partial charge in [-0.1, -0.05) is 37.3 Å². The largest absolute Gasteiger partial charge is 0.388 e. The highest BCUT2D eigenvalue weighted by Gasteiger charge is 2.31. The van der Waals surface area contributed by atoms with Gasteiger partial charge in [-0.15, -0.1) is 0 Å². The van der Waals surface area contributed by atoms with Crippen LogP contribution in [0, 0.1) is 35.0 Å². The number of carbonyl (C=O) groups excluding carboxylic acids is 1. The molecule has 2 aromatic carbocycles. The van der Waals surface area contributed by atoms with Gasteiger partial charge in [-0.3, -0.25) is 4.79 Å². The van der Waals surface area contributed by atoms with E-state index < -0.39 is 51.1 Å². The minimum Gasteiger partial charge on any atom is -0.388 e. The van der Waals surface area contributed by atoms with Crippen LogP contribution in [0.4, 0.5) is 22.0 Å². The number of aliphatic hydroxyl groups excluding tert-OH is 1. The van der Waals surface area contributed by atoms with Crippen molar-refractivity contribution in [2.75, 3.05) is 0 Å². The Hall–Kier alpha value is -1.93. The molecule has 0 saturated carbocycles. The van der Waals surface area contributed by atoms with Crippen LogP contribution in [0.3, 0.4) is 0 Å². The maximum atomic E-state index is 13.6. The number of carbonyl (C=O) groups is 1. The fourth-order valence-corrected chi connectivity index (χ4v) is 2.81. The molecule has 0 heterocycles. The molecule has 8 heteroatoms. The van der Waals surface area contributed by atoms with Crippen molar-refractivity contribution in [3.05, 3.63) is 65.0 Å². The molecular weight excluding hydrogens is 351 g/mol. The van der Waals surface area contributed by atoms with Crippen LogP contribution in [0.25, 0.3) is 0 Å². The summed E-state index contributed by atoms with van der Waals surface area (Å²) in [6.07, 6.45) is -1.28. The van der Waals surface area contributed by atoms with E-state index in [0.29, 0.717) is 5.56 Å². The van der Waals surface area contributed by atoms with E-state index in [1.807, 2.05) is 0 Å². The molecule has 0 bridgehead atoms. The Labute approximate surface area is 138 Å². The number of halogens is 5. The molecule has 0 unspecified atom stereocenters. The molecule has 0 aliphatic heterocycles. The van der Waals surface area contributed by atoms with Crippen LogP contribution in [-0.4, -0.2) is 10.2 Å². The molecular formula is C16H11F5O2S. The van der Waals surface area contributed by atoms with Crippen LogP contribution in [0.1, 0.15) is 18.6 Å². The Kier molecular flexibility index (Phi) is 5.61. The average molecular weight is 362 g/mol. The first-order chi connectivity index (χ1) is 11.3. The summed E-state index contributed by atoms with van der Waals surface area (Å²) in [4.78, 5) is 10.8. The number of thioether (sulfide) groups is 1. The zero-order chi connectivity index (χ0) is 18.0. The summed E-state index contributed by atoms with van der Waals surface area (Å²) in [5.74, 6) is -11.8. The van der Waals surface area contributed by atoms with Crippen LogP contribution < -0.4 is 0 Å². The summed E-state index contributed by atoms with van der Waals surface area (Å²) in [7, 11) is 0. The lowest BCUT2D eigenvalue weighted by molar-refractivity contribution is -0.117. The zero-order valence-electron chi connectivity index (χ0n) is 12.2. The summed E-state index contributed by atoms with van der Waals surface area (Å²) in [6.45, 7) is 1.29. The molecule has 0 radical (unpaired) electrons. The van der Waals surface area contributed by atoms with Crippen LogP contribution in [0.5, 0.6) is 0 Å². The summed E-state index contributed by atoms with van der Waals surface area (Å²) >= 11 is -0.131. The molecule has 2 rings (SSSR count). The van der Waals surface area contributed by atoms with Crippen molar-refractivity contribution in [2.45, 2.75) is 17.9 Å². The Morgan fingerprint density at radius 2 is 1.38 bits per heavy atom. The van der Waals surface area contributed by atoms with E-state index in [4.69, 9.17) is 0 Å². The standard InChI is InChI=1S/C16H11F5O2S/c1-7(14(22)8-5-3-2-4-6-8)16(23)24-15-12(20)10(18)9(17)11(19)13(15)21/h2-7,14,22H,1H3/t7-,14+/m1/s1. The van der Waals surface area contributed by atoms with E-state index in [0.717, 1.165) is 0 Å². The second-order valence-electron chi connectivity index (χ2n) is 4.96. The van der Waals surface area contributed by atoms with Crippen molar-refractivity contribution < 1.29 is 31.9 Å². The summed E-state index contributed by atoms with van der Waals surface area (Å²) < 4.78 is 66.5. The van der Waals surface area contributed by atoms with Crippen molar-refractivity contribution in [1.82, 2.24) is 0 Å². The highest BCUT2D eigenvalue weighted by Crippen LogP contribution is 2.35. The van der Waals surface area contributed by atoms with Crippen LogP contribution in [0.15, 0.2) is 35.2 Å². The van der Waals surface area contributed by atoms with Gasteiger partial charge in [0.25, 0.3) is 0 Å². The minimum atomic E-state index is -2.29. The molecule has 128 valence electrons. The second kappa shape index (κ2) is 7.31. The maximum absolute atomic E-state index is 13.6. The molecule has 0 saturated heterocycles. The smallest absolute Gasteiger partial charge is 0.200 e. The molecule has 2 aromatic rings. The third kappa shape index (κ3) is 3.44. The topological polar surface area (TPSA) is 37.3 Å². The quantitative estimate of drug-likeness (QED) is 0.380. The Bertz CT molecular complexity index is 738. The highest BCUT2D eigenvalue weighted by atomic mass is 32.2. The van der Waals surface area contributed by atoms with Crippen molar-refractivity contribution >= 4 is 16.9 Å². The average Bonchev–Trinajstić information content (AvgIpc) is 2.61. The Morgan fingerprint density at radius 3 is 1.88 bits per heavy atom. The normalized spacial score (nSPS) is 13.6. The van der Waals surface area contributed by atoms with E-state index in [1.54, 1.807) is 18.2 Å². The van der Waals surface area contributed by atoms with E-state index in [1.165, 1.54) is 19.1 Å². The lowest BCUT2D eigenvalue weighted by Gasteiger charge is -2.18. The lowest BCUT2D eigenvalue weighted by Crippen LogP contribution is -2.17. The SMILES string of the molecule is C[C@@H](C(=O)Sc1c(F)c(F)c(F)c(F)c1F)[C@H](O)c1ccccc1. The van der Waals surface area contributed by atoms with E-state index in [-0.39, 0.29) is 11.8 Å². The van der Waals surface area contributed by atoms with Crippen LogP contribution in [0.2, 0.25) is 0 Å². The highest BCUT2D eigenvalue weighted by molar-refractivity contribution is 8.13. The summed E-state index contributed by atoms with van der Waals surface area (Å²) in [5, 5.41) is 9.16. The molecule has 1 N–H and O–H groups in total. The number of aliphatic hydroxyl groups is 1. The fraction of sp³-hybridized carbons (Fsp3) is 0.188. The van der Waals surface area contributed by atoms with Gasteiger partial charge in [0.15, 0.2) is 28.4 Å². The van der Waals surface area contributed by atoms with Gasteiger partial charge in [-0.2, -0.15) is 0 Å². The second-order valence-corrected chi connectivity index (χ2v) is 5.98. The minimum absolute atomic E-state index is 0.131. The lowest BCUT2D eigenvalue weighted by atomic mass is 9.99. The van der Waals surface area contributed by atoms with Crippen LogP contribution >= 0.6 is 11.8 Å². The van der Waals surface area contributed by atoms with Gasteiger partial charge in [0.05, 0.1) is 16.9 Å². The summed E-state index contributed by atoms with van der Waals surface area (Å²) in [5.41, 5.74) is 0.386. The fourth-order valence-electron chi connectivity index (χ4n) is 1.94. The summed E-state index contributed by atoms with van der Waals surface area (Å²) in [6, 6.07) is 8.00. The molecule has 0 fully saturated rings. The van der Waals surface area contributed by atoms with Gasteiger partial charge in [0.2, 0.25) is 5.82 Å². The number of hydrogen-bond donors (Lipinski definition) is 1. The number of rotatable bonds is 4. The molecule has 2 nitrogen and oxygen atoms in total. The molecule has 0 aliphatic rings. The molecule has 0 aromatic heterocycles. The van der Waals surface area contributed by atoms with Crippen molar-refractivity contribution in [2.24, 2.45) is 5.92 Å². The monoisotopic (exact) mass is 362 g/mol. The molecule has 24 heavy (non-hydrogen) atoms. The zero-order valence-corrected chi connectivity index (χ0v) is 13.0. The number of hydrogen-bond acceptors (Lipinski definition) is 3. The first-order valence-electron chi connectivity index (χ1n) is 6.71. The van der Waals surface area contributed by atoms with Crippen molar-refractivity contribution in [3.63, 3.8) is 0 Å². The predicted molar refractivity (Wildman–Crippen MR) is 77.7 cm³/mol. The Morgan fingerprint density at radius 1 is 0.917 bits per heavy atom. The number of benzene rings is 2. The van der Waals surface area contributed by atoms with Gasteiger partial charge >= 0.3 is 0 Å². The Balaban J connectivity index is 2.27. The predicted octanol–water partition coefficient (Wildman–Crippen LogP) is 4.37.